The summed E-state index contributed by atoms with van der Waals surface area (Å²) >= 11 is 0. The van der Waals surface area contributed by atoms with E-state index in [1.165, 1.54) is 0 Å². The number of cyclic esters (lactones) is 1. The van der Waals surface area contributed by atoms with Crippen LogP contribution in [0.3, 0.4) is 0 Å². The molecule has 1 N–H and O–H groups in total. The smallest absolute Gasteiger partial charge is 0.310 e. The fourth-order valence-electron chi connectivity index (χ4n) is 7.14. The summed E-state index contributed by atoms with van der Waals surface area (Å²) in [7, 11) is 6.91. The van der Waals surface area contributed by atoms with Crippen LogP contribution in [-0.2, 0) is 22.6 Å². The van der Waals surface area contributed by atoms with Gasteiger partial charge in [0.1, 0.15) is 11.5 Å². The van der Waals surface area contributed by atoms with Crippen LogP contribution in [0.5, 0.6) is 28.7 Å². The molecule has 2 saturated heterocycles. The number of piperazine rings is 1. The summed E-state index contributed by atoms with van der Waals surface area (Å²) in [4.78, 5) is 18.2. The number of carbonyl (C=O) groups is 1. The van der Waals surface area contributed by atoms with Crippen LogP contribution in [0.1, 0.15) is 40.2 Å². The Balaban J connectivity index is 1.22. The van der Waals surface area contributed by atoms with E-state index in [0.717, 1.165) is 60.9 Å². The normalized spacial score (nSPS) is 24.5. The van der Waals surface area contributed by atoms with Gasteiger partial charge in [0.15, 0.2) is 23.0 Å². The van der Waals surface area contributed by atoms with Crippen molar-refractivity contribution in [1.82, 2.24) is 15.1 Å². The van der Waals surface area contributed by atoms with E-state index in [0.29, 0.717) is 41.9 Å². The first-order valence-corrected chi connectivity index (χ1v) is 15.1. The van der Waals surface area contributed by atoms with Gasteiger partial charge in [0.25, 0.3) is 0 Å². The maximum atomic E-state index is 13.5. The third-order valence-corrected chi connectivity index (χ3v) is 9.42. The number of carbonyl (C=O) groups excluding carboxylic acids is 1. The molecule has 4 aliphatic rings. The minimum atomic E-state index is -0.437. The summed E-state index contributed by atoms with van der Waals surface area (Å²) in [6, 6.07) is 11.8. The summed E-state index contributed by atoms with van der Waals surface area (Å²) in [6.07, 6.45) is 0. The number of ether oxygens (including phenoxy) is 6. The first kappa shape index (κ1) is 28.8. The maximum Gasteiger partial charge on any atom is 0.310 e. The Hall–Kier alpha value is -3.93. The van der Waals surface area contributed by atoms with Gasteiger partial charge in [0.05, 0.1) is 46.9 Å². The zero-order valence-electron chi connectivity index (χ0n) is 25.6. The zero-order chi connectivity index (χ0) is 30.4. The lowest BCUT2D eigenvalue weighted by Gasteiger charge is -2.39. The van der Waals surface area contributed by atoms with Gasteiger partial charge in [-0.05, 0) is 60.1 Å². The van der Waals surface area contributed by atoms with E-state index >= 15 is 0 Å². The molecule has 11 heteroatoms. The van der Waals surface area contributed by atoms with Crippen LogP contribution in [0.4, 0.5) is 0 Å². The van der Waals surface area contributed by atoms with Gasteiger partial charge in [0, 0.05) is 44.1 Å². The van der Waals surface area contributed by atoms with Crippen molar-refractivity contribution in [2.24, 2.45) is 11.8 Å². The molecule has 4 heterocycles. The van der Waals surface area contributed by atoms with Crippen molar-refractivity contribution in [1.29, 1.82) is 0 Å². The van der Waals surface area contributed by atoms with Crippen molar-refractivity contribution in [3.63, 3.8) is 0 Å². The van der Waals surface area contributed by atoms with Crippen LogP contribution in [0, 0.1) is 11.8 Å². The molecular weight excluding hydrogens is 566 g/mol. The maximum absolute atomic E-state index is 13.5. The van der Waals surface area contributed by atoms with Crippen LogP contribution in [0.25, 0.3) is 0 Å². The van der Waals surface area contributed by atoms with Gasteiger partial charge in [0.2, 0.25) is 12.5 Å². The van der Waals surface area contributed by atoms with E-state index in [1.54, 1.807) is 21.3 Å². The van der Waals surface area contributed by atoms with Crippen molar-refractivity contribution in [2.45, 2.75) is 25.0 Å². The van der Waals surface area contributed by atoms with Gasteiger partial charge in [-0.3, -0.25) is 9.69 Å². The number of nitrogens with zero attached hydrogens (tertiary/aromatic N) is 2. The molecule has 4 atom stereocenters. The third-order valence-electron chi connectivity index (χ3n) is 9.42. The molecule has 2 aromatic carbocycles. The highest BCUT2D eigenvalue weighted by atomic mass is 16.7. The van der Waals surface area contributed by atoms with Gasteiger partial charge in [-0.2, -0.15) is 0 Å². The fraction of sp³-hybridized carbons (Fsp3) is 0.485. The molecule has 0 bridgehead atoms. The molecule has 2 fully saturated rings. The van der Waals surface area contributed by atoms with Gasteiger partial charge >= 0.3 is 5.97 Å². The number of hydrogen-bond acceptors (Lipinski definition) is 11. The van der Waals surface area contributed by atoms with Crippen LogP contribution in [-0.4, -0.2) is 83.7 Å². The molecule has 1 aliphatic carbocycles. The predicted octanol–water partition coefficient (Wildman–Crippen LogP) is 3.55. The number of fused-ring (bicyclic) bond motifs is 3. The molecule has 234 valence electrons. The van der Waals surface area contributed by atoms with E-state index in [9.17, 15) is 4.79 Å². The lowest BCUT2D eigenvalue weighted by Crippen LogP contribution is -2.43. The summed E-state index contributed by atoms with van der Waals surface area (Å²) in [6.45, 7) is 5.96. The molecule has 1 aromatic heterocycles. The number of furan rings is 1. The molecule has 0 radical (unpaired) electrons. The Kier molecular flexibility index (Phi) is 7.77. The van der Waals surface area contributed by atoms with E-state index < -0.39 is 5.92 Å². The Morgan fingerprint density at radius 1 is 0.864 bits per heavy atom. The second-order valence-electron chi connectivity index (χ2n) is 11.9. The van der Waals surface area contributed by atoms with Crippen molar-refractivity contribution in [3.05, 3.63) is 64.6 Å². The van der Waals surface area contributed by atoms with Gasteiger partial charge in [-0.25, -0.2) is 0 Å². The number of likely N-dealkylation sites (N-methyl/N-ethyl adjacent to an activating group) is 1. The Morgan fingerprint density at radius 2 is 1.55 bits per heavy atom. The minimum Gasteiger partial charge on any atom is -0.493 e. The largest absolute Gasteiger partial charge is 0.493 e. The zero-order valence-corrected chi connectivity index (χ0v) is 25.6. The summed E-state index contributed by atoms with van der Waals surface area (Å²) in [5, 5.41) is 3.72. The summed E-state index contributed by atoms with van der Waals surface area (Å²) in [5.74, 6) is 3.59. The molecule has 3 aliphatic heterocycles. The monoisotopic (exact) mass is 605 g/mol. The quantitative estimate of drug-likeness (QED) is 0.362. The fourth-order valence-corrected chi connectivity index (χ4v) is 7.14. The highest BCUT2D eigenvalue weighted by Crippen LogP contribution is 2.55. The second-order valence-corrected chi connectivity index (χ2v) is 11.9. The first-order valence-electron chi connectivity index (χ1n) is 15.1. The van der Waals surface area contributed by atoms with Gasteiger partial charge in [-0.15, -0.1) is 0 Å². The van der Waals surface area contributed by atoms with E-state index in [2.05, 4.69) is 28.2 Å². The number of nitrogens with one attached hydrogen (secondary N) is 1. The lowest BCUT2D eigenvalue weighted by molar-refractivity contribution is -0.141. The minimum absolute atomic E-state index is 0.126. The molecule has 0 amide bonds. The van der Waals surface area contributed by atoms with Crippen molar-refractivity contribution >= 4 is 5.97 Å². The molecular formula is C33H39N3O8. The summed E-state index contributed by atoms with van der Waals surface area (Å²) < 4.78 is 40.6. The van der Waals surface area contributed by atoms with E-state index in [1.807, 2.05) is 30.3 Å². The average molecular weight is 606 g/mol. The molecule has 0 unspecified atom stereocenters. The molecule has 7 rings (SSSR count). The number of methoxy groups -OCH3 is 3. The topological polar surface area (TPSA) is 104 Å². The van der Waals surface area contributed by atoms with Crippen LogP contribution >= 0.6 is 0 Å². The highest BCUT2D eigenvalue weighted by molar-refractivity contribution is 5.79. The van der Waals surface area contributed by atoms with Crippen LogP contribution in [0.2, 0.25) is 0 Å². The number of hydrogen-bond donors (Lipinski definition) is 1. The molecule has 3 aromatic rings. The molecule has 11 nitrogen and oxygen atoms in total. The van der Waals surface area contributed by atoms with E-state index in [4.69, 9.17) is 32.8 Å². The van der Waals surface area contributed by atoms with Gasteiger partial charge in [-0.1, -0.05) is 0 Å². The average Bonchev–Trinajstić information content (AvgIpc) is 3.79. The predicted molar refractivity (Wildman–Crippen MR) is 160 cm³/mol. The van der Waals surface area contributed by atoms with Crippen LogP contribution < -0.4 is 29.0 Å². The Labute approximate surface area is 256 Å². The highest BCUT2D eigenvalue weighted by Gasteiger charge is 2.52. The van der Waals surface area contributed by atoms with Gasteiger partial charge < -0.3 is 43.1 Å². The molecule has 44 heavy (non-hydrogen) atoms. The number of esters is 1. The standard InChI is InChI=1S/C33H39N3O8/c1-35-7-9-36(10-8-35)16-21-6-5-20(44-21)15-34-31-23-14-26-25(42-18-43-26)13-22(23)29(30-24(31)17-41-33(30)37)19-11-27(38-2)32(40-4)28(12-19)39-3/h5-6,11-14,24,29-31,34H,7-10,15-18H2,1-4H3/t24-,29+,30-,31+/m0/s1. The molecule has 0 spiro atoms. The van der Waals surface area contributed by atoms with E-state index in [-0.39, 0.29) is 30.6 Å². The third kappa shape index (κ3) is 5.12. The summed E-state index contributed by atoms with van der Waals surface area (Å²) in [5.41, 5.74) is 2.87. The van der Waals surface area contributed by atoms with Crippen molar-refractivity contribution in [2.75, 3.05) is 68.0 Å². The molecule has 0 saturated carbocycles. The van der Waals surface area contributed by atoms with Crippen molar-refractivity contribution in [3.8, 4) is 28.7 Å². The number of rotatable bonds is 9. The Bertz CT molecular complexity index is 1510. The lowest BCUT2D eigenvalue weighted by atomic mass is 9.65. The Morgan fingerprint density at radius 3 is 2.23 bits per heavy atom. The van der Waals surface area contributed by atoms with Crippen LogP contribution in [0.15, 0.2) is 40.8 Å². The number of benzene rings is 2. The van der Waals surface area contributed by atoms with Crippen molar-refractivity contribution < 1.29 is 37.6 Å². The SMILES string of the molecule is COc1cc([C@@H]2c3cc4c(cc3[C@@H](NCc3ccc(CN5CCN(C)CC5)o3)[C@H]3COC(=O)[C@H]23)OCO4)cc(OC)c1OC. The second kappa shape index (κ2) is 11.9. The first-order chi connectivity index (χ1) is 21.5.